The molecule has 1 aromatic rings. The number of carbonyl (C=O) groups excluding carboxylic acids is 2. The molecule has 1 saturated carbocycles. The van der Waals surface area contributed by atoms with Gasteiger partial charge in [0.15, 0.2) is 8.32 Å². The predicted octanol–water partition coefficient (Wildman–Crippen LogP) is 7.14. The number of ether oxygens (including phenoxy) is 1. The molecule has 1 aliphatic rings. The van der Waals surface area contributed by atoms with Crippen LogP contribution in [0.3, 0.4) is 0 Å². The minimum atomic E-state index is -2.04. The first kappa shape index (κ1) is 35.0. The summed E-state index contributed by atoms with van der Waals surface area (Å²) < 4.78 is 12.7. The Morgan fingerprint density at radius 1 is 1.15 bits per heavy atom. The van der Waals surface area contributed by atoms with E-state index in [9.17, 15) is 14.7 Å². The van der Waals surface area contributed by atoms with E-state index in [1.165, 1.54) is 5.56 Å². The zero-order chi connectivity index (χ0) is 30.5. The van der Waals surface area contributed by atoms with Crippen LogP contribution in [0.4, 0.5) is 0 Å². The number of carbonyl (C=O) groups is 2. The number of aliphatic hydroxyl groups is 1. The van der Waals surface area contributed by atoms with Crippen LogP contribution in [0.2, 0.25) is 18.1 Å². The van der Waals surface area contributed by atoms with E-state index in [4.69, 9.17) is 9.16 Å². The molecule has 2 N–H and O–H groups in total. The second-order valence-corrected chi connectivity index (χ2v) is 17.6. The van der Waals surface area contributed by atoms with E-state index in [-0.39, 0.29) is 41.0 Å². The van der Waals surface area contributed by atoms with Crippen molar-refractivity contribution >= 4 is 20.2 Å². The molecule has 0 aromatic heterocycles. The van der Waals surface area contributed by atoms with Gasteiger partial charge in [-0.2, -0.15) is 0 Å². The zero-order valence-corrected chi connectivity index (χ0v) is 27.5. The van der Waals surface area contributed by atoms with E-state index in [0.29, 0.717) is 32.2 Å². The van der Waals surface area contributed by atoms with Gasteiger partial charge in [0, 0.05) is 31.7 Å². The number of hydrogen-bond donors (Lipinski definition) is 2. The first-order valence-corrected chi connectivity index (χ1v) is 18.5. The summed E-state index contributed by atoms with van der Waals surface area (Å²) in [6, 6.07) is 10.5. The molecule has 1 aromatic carbocycles. The van der Waals surface area contributed by atoms with Gasteiger partial charge in [0.25, 0.3) is 0 Å². The quantitative estimate of drug-likeness (QED) is 0.0932. The van der Waals surface area contributed by atoms with Crippen LogP contribution in [-0.4, -0.2) is 50.2 Å². The minimum Gasteiger partial charge on any atom is -0.462 e. The van der Waals surface area contributed by atoms with Crippen LogP contribution >= 0.6 is 0 Å². The molecule has 0 bridgehead atoms. The number of nitrogens with one attached hydrogen (secondary N) is 1. The maximum atomic E-state index is 12.3. The second-order valence-electron chi connectivity index (χ2n) is 12.8. The number of unbranched alkanes of at least 4 members (excludes halogenated alkanes) is 1. The molecule has 0 spiro atoms. The molecular formula is C34H55NO5Si. The van der Waals surface area contributed by atoms with Gasteiger partial charge >= 0.3 is 5.97 Å². The van der Waals surface area contributed by atoms with Crippen molar-refractivity contribution < 1.29 is 23.9 Å². The minimum absolute atomic E-state index is 0.0526. The first-order chi connectivity index (χ1) is 19.4. The Morgan fingerprint density at radius 3 is 2.49 bits per heavy atom. The van der Waals surface area contributed by atoms with Gasteiger partial charge in [-0.3, -0.25) is 9.59 Å². The fraction of sp³-hybridized carbons (Fsp3) is 0.647. The molecule has 2 rings (SSSR count). The van der Waals surface area contributed by atoms with Crippen molar-refractivity contribution in [2.45, 2.75) is 122 Å². The highest BCUT2D eigenvalue weighted by Gasteiger charge is 2.43. The number of rotatable bonds is 16. The molecular weight excluding hydrogens is 530 g/mol. The van der Waals surface area contributed by atoms with Gasteiger partial charge < -0.3 is 19.6 Å². The summed E-state index contributed by atoms with van der Waals surface area (Å²) in [6.45, 7) is 15.7. The van der Waals surface area contributed by atoms with E-state index in [2.05, 4.69) is 87.8 Å². The van der Waals surface area contributed by atoms with Crippen LogP contribution in [0, 0.1) is 11.8 Å². The van der Waals surface area contributed by atoms with E-state index in [1.807, 2.05) is 13.0 Å². The highest BCUT2D eigenvalue weighted by atomic mass is 28.4. The van der Waals surface area contributed by atoms with Crippen LogP contribution in [0.1, 0.15) is 85.1 Å². The Morgan fingerprint density at radius 2 is 1.85 bits per heavy atom. The van der Waals surface area contributed by atoms with Gasteiger partial charge in [-0.25, -0.2) is 0 Å². The fourth-order valence-electron chi connectivity index (χ4n) is 5.05. The van der Waals surface area contributed by atoms with Crippen LogP contribution in [0.15, 0.2) is 54.6 Å². The van der Waals surface area contributed by atoms with Crippen molar-refractivity contribution in [1.29, 1.82) is 0 Å². The zero-order valence-electron chi connectivity index (χ0n) is 26.5. The Labute approximate surface area is 250 Å². The summed E-state index contributed by atoms with van der Waals surface area (Å²) in [6.07, 6.45) is 12.9. The van der Waals surface area contributed by atoms with Crippen molar-refractivity contribution in [3.63, 3.8) is 0 Å². The van der Waals surface area contributed by atoms with Crippen LogP contribution in [-0.2, 0) is 25.2 Å². The predicted molar refractivity (Wildman–Crippen MR) is 170 cm³/mol. The normalized spacial score (nSPS) is 22.3. The van der Waals surface area contributed by atoms with Crippen molar-refractivity contribution in [3.8, 4) is 0 Å². The van der Waals surface area contributed by atoms with E-state index in [1.54, 1.807) is 6.92 Å². The average Bonchev–Trinajstić information content (AvgIpc) is 3.20. The SMILES string of the molecule is CCNC(=O)CCC/C=C\C[C@@H]1[C@@H](/C=C/[C@H](CCc2ccccc2)O[Si](C)(C)C(C)(C)C)[C@H](OC(=O)CC)C[C@@H]1O. The van der Waals surface area contributed by atoms with Crippen LogP contribution in [0.5, 0.6) is 0 Å². The molecule has 5 atom stereocenters. The molecule has 0 radical (unpaired) electrons. The lowest BCUT2D eigenvalue weighted by Crippen LogP contribution is -2.43. The number of aryl methyl sites for hydroxylation is 1. The lowest BCUT2D eigenvalue weighted by atomic mass is 9.89. The van der Waals surface area contributed by atoms with Crippen molar-refractivity contribution in [2.24, 2.45) is 11.8 Å². The lowest BCUT2D eigenvalue weighted by molar-refractivity contribution is -0.150. The molecule has 0 heterocycles. The monoisotopic (exact) mass is 585 g/mol. The average molecular weight is 586 g/mol. The van der Waals surface area contributed by atoms with E-state index < -0.39 is 14.4 Å². The Balaban J connectivity index is 2.20. The number of amides is 1. The molecule has 0 unspecified atom stereocenters. The number of allylic oxidation sites excluding steroid dienone is 2. The van der Waals surface area contributed by atoms with Gasteiger partial charge in [0.1, 0.15) is 6.10 Å². The standard InChI is InChI=1S/C34H55NO5Si/c1-8-33(38)39-31-25-30(36)28(19-15-10-11-16-20-32(37)35-9-2)29(31)24-23-27(40-41(6,7)34(3,4)5)22-21-26-17-13-12-14-18-26/h10,12-15,17-18,23-24,27-31,36H,8-9,11,16,19-22,25H2,1-7H3,(H,35,37)/b15-10-,24-23+/t27-,28+,29+,30-,31+/m0/s1. The molecule has 230 valence electrons. The van der Waals surface area contributed by atoms with Crippen LogP contribution in [0.25, 0.3) is 0 Å². The second kappa shape index (κ2) is 17.0. The molecule has 0 aliphatic heterocycles. The number of hydrogen-bond acceptors (Lipinski definition) is 5. The van der Waals surface area contributed by atoms with Gasteiger partial charge in [0.2, 0.25) is 5.91 Å². The Hall–Kier alpha value is -2.22. The van der Waals surface area contributed by atoms with Gasteiger partial charge in [-0.1, -0.05) is 82.3 Å². The summed E-state index contributed by atoms with van der Waals surface area (Å²) >= 11 is 0. The number of benzene rings is 1. The highest BCUT2D eigenvalue weighted by molar-refractivity contribution is 6.74. The molecule has 41 heavy (non-hydrogen) atoms. The summed E-state index contributed by atoms with van der Waals surface area (Å²) in [7, 11) is -2.04. The molecule has 1 fully saturated rings. The van der Waals surface area contributed by atoms with Crippen LogP contribution < -0.4 is 5.32 Å². The Kier molecular flexibility index (Phi) is 14.5. The molecule has 6 nitrogen and oxygen atoms in total. The maximum absolute atomic E-state index is 12.3. The molecule has 7 heteroatoms. The summed E-state index contributed by atoms with van der Waals surface area (Å²) in [5, 5.41) is 13.9. The first-order valence-electron chi connectivity index (χ1n) is 15.6. The Bertz CT molecular complexity index is 985. The third-order valence-electron chi connectivity index (χ3n) is 8.55. The summed E-state index contributed by atoms with van der Waals surface area (Å²) in [5.41, 5.74) is 1.28. The topological polar surface area (TPSA) is 84.9 Å². The third kappa shape index (κ3) is 11.9. The van der Waals surface area contributed by atoms with Crippen molar-refractivity contribution in [2.75, 3.05) is 6.54 Å². The smallest absolute Gasteiger partial charge is 0.305 e. The maximum Gasteiger partial charge on any atom is 0.305 e. The molecule has 0 saturated heterocycles. The summed E-state index contributed by atoms with van der Waals surface area (Å²) in [4.78, 5) is 24.0. The van der Waals surface area contributed by atoms with Crippen molar-refractivity contribution in [3.05, 3.63) is 60.2 Å². The van der Waals surface area contributed by atoms with E-state index >= 15 is 0 Å². The van der Waals surface area contributed by atoms with Gasteiger partial charge in [0.05, 0.1) is 12.2 Å². The molecule has 1 aliphatic carbocycles. The van der Waals surface area contributed by atoms with Gasteiger partial charge in [-0.05, 0) is 68.6 Å². The largest absolute Gasteiger partial charge is 0.462 e. The van der Waals surface area contributed by atoms with E-state index in [0.717, 1.165) is 25.7 Å². The third-order valence-corrected chi connectivity index (χ3v) is 13.1. The fourth-order valence-corrected chi connectivity index (χ4v) is 6.36. The molecule has 1 amide bonds. The lowest BCUT2D eigenvalue weighted by Gasteiger charge is -2.39. The number of esters is 1. The van der Waals surface area contributed by atoms with Gasteiger partial charge in [-0.15, -0.1) is 0 Å². The summed E-state index contributed by atoms with van der Waals surface area (Å²) in [5.74, 6) is -0.300. The number of aliphatic hydroxyl groups excluding tert-OH is 1. The van der Waals surface area contributed by atoms with Crippen molar-refractivity contribution in [1.82, 2.24) is 5.32 Å². The highest BCUT2D eigenvalue weighted by Crippen LogP contribution is 2.40.